The van der Waals surface area contributed by atoms with E-state index in [2.05, 4.69) is 31.0 Å². The Hall–Kier alpha value is -1.86. The van der Waals surface area contributed by atoms with Crippen molar-refractivity contribution in [3.8, 4) is 6.07 Å². The Bertz CT molecular complexity index is 506. The zero-order valence-electron chi connectivity index (χ0n) is 13.3. The summed E-state index contributed by atoms with van der Waals surface area (Å²) in [5.74, 6) is 1.39. The Kier molecular flexibility index (Phi) is 7.49. The fourth-order valence-corrected chi connectivity index (χ4v) is 1.99. The molecule has 1 heterocycles. The first kappa shape index (κ1) is 17.2. The fraction of sp³-hybridized carbons (Fsp3) is 0.529. The molecule has 1 aromatic heterocycles. The average molecular weight is 288 g/mol. The Morgan fingerprint density at radius 2 is 2.24 bits per heavy atom. The van der Waals surface area contributed by atoms with E-state index in [-0.39, 0.29) is 6.10 Å². The second-order valence-electron chi connectivity index (χ2n) is 5.19. The van der Waals surface area contributed by atoms with E-state index in [0.29, 0.717) is 18.1 Å². The summed E-state index contributed by atoms with van der Waals surface area (Å²) in [6.45, 7) is 6.72. The number of hydrogen-bond donors (Lipinski definition) is 0. The summed E-state index contributed by atoms with van der Waals surface area (Å²) in [6, 6.07) is 3.86. The minimum absolute atomic E-state index is 0.220. The molecule has 0 aliphatic rings. The van der Waals surface area contributed by atoms with E-state index in [1.807, 2.05) is 6.92 Å². The second-order valence-corrected chi connectivity index (χ2v) is 5.19. The minimum Gasteiger partial charge on any atom is -0.494 e. The van der Waals surface area contributed by atoms with Crippen molar-refractivity contribution in [2.24, 2.45) is 5.92 Å². The number of ether oxygens (including phenoxy) is 2. The van der Waals surface area contributed by atoms with E-state index in [1.54, 1.807) is 25.6 Å². The van der Waals surface area contributed by atoms with Crippen LogP contribution in [0.3, 0.4) is 0 Å². The fourth-order valence-electron chi connectivity index (χ4n) is 1.99. The lowest BCUT2D eigenvalue weighted by Gasteiger charge is -2.20. The molecule has 0 spiro atoms. The Morgan fingerprint density at radius 1 is 1.48 bits per heavy atom. The number of allylic oxidation sites excluding steroid dienone is 1. The topological polar surface area (TPSA) is 55.1 Å². The van der Waals surface area contributed by atoms with Crippen LogP contribution in [0.2, 0.25) is 0 Å². The van der Waals surface area contributed by atoms with Crippen LogP contribution in [0.25, 0.3) is 0 Å². The SMILES string of the molecule is CCC(C)[C@@H](C/C=C(\C)OCc1cncc(C#N)c1)OC. The maximum absolute atomic E-state index is 8.83. The summed E-state index contributed by atoms with van der Waals surface area (Å²) in [6.07, 6.45) is 7.47. The standard InChI is InChI=1S/C17H24N2O2/c1-5-13(2)17(20-4)7-6-14(3)21-12-16-8-15(9-18)10-19-11-16/h6,8,10-11,13,17H,5,7,12H2,1-4H3/b14-6+/t13?,17-/m1/s1. The van der Waals surface area contributed by atoms with Gasteiger partial charge in [-0.1, -0.05) is 20.3 Å². The van der Waals surface area contributed by atoms with Crippen LogP contribution in [-0.4, -0.2) is 18.2 Å². The highest BCUT2D eigenvalue weighted by atomic mass is 16.5. The largest absolute Gasteiger partial charge is 0.494 e. The minimum atomic E-state index is 0.220. The van der Waals surface area contributed by atoms with E-state index in [9.17, 15) is 0 Å². The van der Waals surface area contributed by atoms with Gasteiger partial charge < -0.3 is 9.47 Å². The molecule has 0 aliphatic carbocycles. The van der Waals surface area contributed by atoms with Crippen molar-refractivity contribution < 1.29 is 9.47 Å². The third-order valence-corrected chi connectivity index (χ3v) is 3.61. The monoisotopic (exact) mass is 288 g/mol. The van der Waals surface area contributed by atoms with Gasteiger partial charge in [0, 0.05) is 25.1 Å². The van der Waals surface area contributed by atoms with Crippen LogP contribution in [0, 0.1) is 17.2 Å². The summed E-state index contributed by atoms with van der Waals surface area (Å²) in [5, 5.41) is 8.83. The molecule has 21 heavy (non-hydrogen) atoms. The van der Waals surface area contributed by atoms with Crippen molar-refractivity contribution in [3.63, 3.8) is 0 Å². The first-order valence-corrected chi connectivity index (χ1v) is 7.27. The summed E-state index contributed by atoms with van der Waals surface area (Å²) in [5.41, 5.74) is 1.45. The molecule has 1 unspecified atom stereocenters. The van der Waals surface area contributed by atoms with E-state index < -0.39 is 0 Å². The van der Waals surface area contributed by atoms with E-state index in [1.165, 1.54) is 0 Å². The molecule has 1 aromatic rings. The Labute approximate surface area is 127 Å². The summed E-state index contributed by atoms with van der Waals surface area (Å²) in [4.78, 5) is 4.01. The van der Waals surface area contributed by atoms with Gasteiger partial charge in [-0.2, -0.15) is 5.26 Å². The number of methoxy groups -OCH3 is 1. The van der Waals surface area contributed by atoms with Crippen LogP contribution >= 0.6 is 0 Å². The number of aromatic nitrogens is 1. The molecule has 0 fully saturated rings. The number of rotatable bonds is 8. The molecule has 0 N–H and O–H groups in total. The zero-order valence-corrected chi connectivity index (χ0v) is 13.3. The maximum Gasteiger partial charge on any atom is 0.114 e. The highest BCUT2D eigenvalue weighted by Gasteiger charge is 2.13. The van der Waals surface area contributed by atoms with Gasteiger partial charge in [0.05, 0.1) is 17.4 Å². The molecular formula is C17H24N2O2. The van der Waals surface area contributed by atoms with Crippen LogP contribution in [-0.2, 0) is 16.1 Å². The van der Waals surface area contributed by atoms with Gasteiger partial charge in [0.15, 0.2) is 0 Å². The van der Waals surface area contributed by atoms with E-state index >= 15 is 0 Å². The molecule has 0 aromatic carbocycles. The number of hydrogen-bond acceptors (Lipinski definition) is 4. The molecular weight excluding hydrogens is 264 g/mol. The van der Waals surface area contributed by atoms with Crippen LogP contribution in [0.15, 0.2) is 30.3 Å². The van der Waals surface area contributed by atoms with Crippen LogP contribution in [0.1, 0.15) is 44.7 Å². The first-order chi connectivity index (χ1) is 10.1. The molecule has 4 nitrogen and oxygen atoms in total. The molecule has 0 amide bonds. The lowest BCUT2D eigenvalue weighted by Crippen LogP contribution is -2.19. The van der Waals surface area contributed by atoms with Gasteiger partial charge in [-0.15, -0.1) is 0 Å². The first-order valence-electron chi connectivity index (χ1n) is 7.27. The Balaban J connectivity index is 2.50. The lowest BCUT2D eigenvalue weighted by atomic mass is 9.99. The van der Waals surface area contributed by atoms with Gasteiger partial charge in [-0.3, -0.25) is 4.98 Å². The third kappa shape index (κ3) is 5.97. The molecule has 0 bridgehead atoms. The molecule has 0 radical (unpaired) electrons. The van der Waals surface area contributed by atoms with Crippen molar-refractivity contribution in [2.75, 3.05) is 7.11 Å². The summed E-state index contributed by atoms with van der Waals surface area (Å²) < 4.78 is 11.2. The maximum atomic E-state index is 8.83. The van der Waals surface area contributed by atoms with E-state index in [0.717, 1.165) is 24.2 Å². The lowest BCUT2D eigenvalue weighted by molar-refractivity contribution is 0.0584. The van der Waals surface area contributed by atoms with Crippen LogP contribution < -0.4 is 0 Å². The molecule has 0 aliphatic heterocycles. The van der Waals surface area contributed by atoms with Gasteiger partial charge in [-0.25, -0.2) is 0 Å². The molecule has 1 rings (SSSR count). The molecule has 4 heteroatoms. The number of nitriles is 1. The normalized spacial score (nSPS) is 14.3. The van der Waals surface area contributed by atoms with Crippen molar-refractivity contribution in [2.45, 2.75) is 46.3 Å². The third-order valence-electron chi connectivity index (χ3n) is 3.61. The highest BCUT2D eigenvalue weighted by Crippen LogP contribution is 2.16. The van der Waals surface area contributed by atoms with Crippen molar-refractivity contribution >= 4 is 0 Å². The van der Waals surface area contributed by atoms with Crippen molar-refractivity contribution in [3.05, 3.63) is 41.4 Å². The zero-order chi connectivity index (χ0) is 15.7. The summed E-state index contributed by atoms with van der Waals surface area (Å²) in [7, 11) is 1.75. The summed E-state index contributed by atoms with van der Waals surface area (Å²) >= 11 is 0. The second kappa shape index (κ2) is 9.15. The van der Waals surface area contributed by atoms with Gasteiger partial charge in [0.25, 0.3) is 0 Å². The molecule has 0 saturated carbocycles. The van der Waals surface area contributed by atoms with Gasteiger partial charge in [0.1, 0.15) is 12.7 Å². The smallest absolute Gasteiger partial charge is 0.114 e. The quantitative estimate of drug-likeness (QED) is 0.682. The Morgan fingerprint density at radius 3 is 2.86 bits per heavy atom. The predicted molar refractivity (Wildman–Crippen MR) is 82.4 cm³/mol. The number of pyridine rings is 1. The van der Waals surface area contributed by atoms with Crippen molar-refractivity contribution in [1.29, 1.82) is 5.26 Å². The molecule has 114 valence electrons. The van der Waals surface area contributed by atoms with Crippen LogP contribution in [0.4, 0.5) is 0 Å². The van der Waals surface area contributed by atoms with E-state index in [4.69, 9.17) is 14.7 Å². The average Bonchev–Trinajstić information content (AvgIpc) is 2.53. The van der Waals surface area contributed by atoms with Crippen molar-refractivity contribution in [1.82, 2.24) is 4.98 Å². The predicted octanol–water partition coefficient (Wildman–Crippen LogP) is 3.82. The van der Waals surface area contributed by atoms with Gasteiger partial charge >= 0.3 is 0 Å². The highest BCUT2D eigenvalue weighted by molar-refractivity contribution is 5.28. The number of nitrogens with zero attached hydrogens (tertiary/aromatic N) is 2. The van der Waals surface area contributed by atoms with Gasteiger partial charge in [0.2, 0.25) is 0 Å². The van der Waals surface area contributed by atoms with Gasteiger partial charge in [-0.05, 0) is 31.4 Å². The van der Waals surface area contributed by atoms with Crippen LogP contribution in [0.5, 0.6) is 0 Å². The molecule has 0 saturated heterocycles. The molecule has 2 atom stereocenters.